The molecule has 0 saturated heterocycles. The van der Waals surface area contributed by atoms with Crippen molar-refractivity contribution < 1.29 is 9.66 Å². The Balaban J connectivity index is 1.63. The van der Waals surface area contributed by atoms with Crippen LogP contribution in [-0.2, 0) is 0 Å². The third-order valence-electron chi connectivity index (χ3n) is 5.48. The predicted molar refractivity (Wildman–Crippen MR) is 110 cm³/mol. The Hall–Kier alpha value is -3.67. The summed E-state index contributed by atoms with van der Waals surface area (Å²) in [5, 5.41) is 18.4. The molecule has 0 bridgehead atoms. The van der Waals surface area contributed by atoms with Gasteiger partial charge in [0.15, 0.2) is 0 Å². The maximum Gasteiger partial charge on any atom is 0.278 e. The van der Waals surface area contributed by atoms with Crippen molar-refractivity contribution in [2.75, 3.05) is 0 Å². The van der Waals surface area contributed by atoms with Crippen LogP contribution < -0.4 is 4.74 Å². The third kappa shape index (κ3) is 2.93. The van der Waals surface area contributed by atoms with Gasteiger partial charge >= 0.3 is 0 Å². The number of hydrogen-bond acceptors (Lipinski definition) is 5. The van der Waals surface area contributed by atoms with E-state index in [0.29, 0.717) is 5.56 Å². The van der Waals surface area contributed by atoms with Gasteiger partial charge in [0.05, 0.1) is 22.2 Å². The van der Waals surface area contributed by atoms with Crippen molar-refractivity contribution in [3.05, 3.63) is 105 Å². The molecule has 2 atom stereocenters. The number of ether oxygens (including phenoxy) is 1. The zero-order chi connectivity index (χ0) is 20.0. The molecule has 2 aliphatic heterocycles. The monoisotopic (exact) mass is 385 g/mol. The molecule has 0 amide bonds. The minimum atomic E-state index is -0.653. The Labute approximate surface area is 168 Å². The van der Waals surface area contributed by atoms with E-state index in [-0.39, 0.29) is 16.7 Å². The first-order chi connectivity index (χ1) is 14.1. The molecule has 0 radical (unpaired) electrons. The second kappa shape index (κ2) is 6.74. The Morgan fingerprint density at radius 1 is 1.00 bits per heavy atom. The number of hydrogen-bond donors (Lipinski definition) is 0. The lowest BCUT2D eigenvalue weighted by atomic mass is 9.95. The van der Waals surface area contributed by atoms with E-state index < -0.39 is 6.23 Å². The summed E-state index contributed by atoms with van der Waals surface area (Å²) < 4.78 is 6.24. The van der Waals surface area contributed by atoms with Crippen molar-refractivity contribution in [3.8, 4) is 5.75 Å². The molecule has 2 aliphatic rings. The van der Waals surface area contributed by atoms with Gasteiger partial charge in [-0.2, -0.15) is 5.10 Å². The molecular weight excluding hydrogens is 366 g/mol. The van der Waals surface area contributed by atoms with E-state index in [1.54, 1.807) is 18.2 Å². The summed E-state index contributed by atoms with van der Waals surface area (Å²) in [4.78, 5) is 11.2. The minimum Gasteiger partial charge on any atom is -0.464 e. The zero-order valence-electron chi connectivity index (χ0n) is 15.9. The van der Waals surface area contributed by atoms with Crippen LogP contribution in [0.2, 0.25) is 0 Å². The van der Waals surface area contributed by atoms with Crippen LogP contribution in [0.25, 0.3) is 0 Å². The van der Waals surface area contributed by atoms with Crippen molar-refractivity contribution in [1.29, 1.82) is 0 Å². The first kappa shape index (κ1) is 17.4. The fraction of sp³-hybridized carbons (Fsp3) is 0.174. The highest BCUT2D eigenvalue weighted by Crippen LogP contribution is 2.48. The van der Waals surface area contributed by atoms with Crippen LogP contribution in [0.4, 0.5) is 5.69 Å². The number of para-hydroxylation sites is 2. The number of nitrogens with zero attached hydrogens (tertiary/aromatic N) is 3. The van der Waals surface area contributed by atoms with Crippen molar-refractivity contribution in [1.82, 2.24) is 5.01 Å². The molecule has 0 unspecified atom stereocenters. The summed E-state index contributed by atoms with van der Waals surface area (Å²) >= 11 is 0. The lowest BCUT2D eigenvalue weighted by Crippen LogP contribution is -2.34. The van der Waals surface area contributed by atoms with Gasteiger partial charge in [-0.15, -0.1) is 0 Å². The minimum absolute atomic E-state index is 0.0268. The average molecular weight is 385 g/mol. The first-order valence-corrected chi connectivity index (χ1v) is 9.53. The Bertz CT molecular complexity index is 1120. The zero-order valence-corrected chi connectivity index (χ0v) is 15.9. The van der Waals surface area contributed by atoms with Gasteiger partial charge in [0.25, 0.3) is 5.69 Å². The highest BCUT2D eigenvalue weighted by Gasteiger charge is 2.42. The normalized spacial score (nSPS) is 19.8. The molecule has 0 saturated carbocycles. The quantitative estimate of drug-likeness (QED) is 0.462. The number of benzene rings is 3. The van der Waals surface area contributed by atoms with E-state index in [2.05, 4.69) is 31.2 Å². The molecule has 29 heavy (non-hydrogen) atoms. The van der Waals surface area contributed by atoms with Crippen molar-refractivity contribution >= 4 is 11.4 Å². The fourth-order valence-corrected chi connectivity index (χ4v) is 4.02. The van der Waals surface area contributed by atoms with Crippen molar-refractivity contribution in [2.24, 2.45) is 5.10 Å². The summed E-state index contributed by atoms with van der Waals surface area (Å²) in [5.41, 5.74) is 4.80. The van der Waals surface area contributed by atoms with Crippen LogP contribution >= 0.6 is 0 Å². The van der Waals surface area contributed by atoms with Gasteiger partial charge in [-0.3, -0.25) is 10.1 Å². The molecule has 6 nitrogen and oxygen atoms in total. The van der Waals surface area contributed by atoms with Crippen LogP contribution in [0.15, 0.2) is 77.9 Å². The molecule has 5 rings (SSSR count). The smallest absolute Gasteiger partial charge is 0.278 e. The fourth-order valence-electron chi connectivity index (χ4n) is 4.02. The van der Waals surface area contributed by atoms with Crippen LogP contribution in [0.3, 0.4) is 0 Å². The molecule has 144 valence electrons. The standard InChI is InChI=1S/C23H19N3O3/c1-15-10-12-16(13-11-15)19-14-21-17-6-3-5-9-22(17)29-23(25(21)24-19)18-7-2-4-8-20(18)26(27)28/h2-13,21,23H,14H2,1H3/t21-,23-/m1/s1. The van der Waals surface area contributed by atoms with Crippen LogP contribution in [0.1, 0.15) is 40.9 Å². The number of rotatable bonds is 3. The van der Waals surface area contributed by atoms with Crippen LogP contribution in [0, 0.1) is 17.0 Å². The van der Waals surface area contributed by atoms with Gasteiger partial charge < -0.3 is 4.74 Å². The maximum atomic E-state index is 11.6. The highest BCUT2D eigenvalue weighted by atomic mass is 16.6. The van der Waals surface area contributed by atoms with Gasteiger partial charge in [-0.05, 0) is 24.6 Å². The predicted octanol–water partition coefficient (Wildman–Crippen LogP) is 5.15. The van der Waals surface area contributed by atoms with Gasteiger partial charge in [-0.1, -0.05) is 60.2 Å². The Kier molecular flexibility index (Phi) is 4.05. The molecule has 0 N–H and O–H groups in total. The number of nitro benzene ring substituents is 1. The van der Waals surface area contributed by atoms with E-state index >= 15 is 0 Å². The largest absolute Gasteiger partial charge is 0.464 e. The Morgan fingerprint density at radius 3 is 2.45 bits per heavy atom. The van der Waals surface area contributed by atoms with Crippen molar-refractivity contribution in [2.45, 2.75) is 25.6 Å². The van der Waals surface area contributed by atoms with E-state index in [1.807, 2.05) is 29.3 Å². The van der Waals surface area contributed by atoms with Gasteiger partial charge in [0.2, 0.25) is 6.23 Å². The van der Waals surface area contributed by atoms with E-state index in [9.17, 15) is 10.1 Å². The molecule has 3 aromatic rings. The number of fused-ring (bicyclic) bond motifs is 3. The summed E-state index contributed by atoms with van der Waals surface area (Å²) in [6.45, 7) is 2.05. The van der Waals surface area contributed by atoms with E-state index in [1.165, 1.54) is 11.6 Å². The van der Waals surface area contributed by atoms with Crippen molar-refractivity contribution in [3.63, 3.8) is 0 Å². The van der Waals surface area contributed by atoms with Gasteiger partial charge in [0, 0.05) is 18.1 Å². The van der Waals surface area contributed by atoms with E-state index in [4.69, 9.17) is 9.84 Å². The Morgan fingerprint density at radius 2 is 1.69 bits per heavy atom. The molecule has 2 heterocycles. The molecule has 0 spiro atoms. The second-order valence-corrected chi connectivity index (χ2v) is 7.34. The number of hydrazone groups is 1. The molecular formula is C23H19N3O3. The average Bonchev–Trinajstić information content (AvgIpc) is 3.19. The second-order valence-electron chi connectivity index (χ2n) is 7.34. The lowest BCUT2D eigenvalue weighted by Gasteiger charge is -2.37. The SMILES string of the molecule is Cc1ccc(C2=NN3[C@H](C2)c2ccccc2O[C@@H]3c2ccccc2[N+](=O)[O-])cc1. The van der Waals surface area contributed by atoms with E-state index in [0.717, 1.165) is 29.0 Å². The highest BCUT2D eigenvalue weighted by molar-refractivity contribution is 6.02. The summed E-state index contributed by atoms with van der Waals surface area (Å²) in [6, 6.07) is 22.8. The molecule has 0 fully saturated rings. The lowest BCUT2D eigenvalue weighted by molar-refractivity contribution is -0.386. The topological polar surface area (TPSA) is 68.0 Å². The molecule has 6 heteroatoms. The first-order valence-electron chi connectivity index (χ1n) is 9.53. The third-order valence-corrected chi connectivity index (χ3v) is 5.48. The van der Waals surface area contributed by atoms with Gasteiger partial charge in [0.1, 0.15) is 5.75 Å². The summed E-state index contributed by atoms with van der Waals surface area (Å²) in [7, 11) is 0. The number of aryl methyl sites for hydroxylation is 1. The van der Waals surface area contributed by atoms with Gasteiger partial charge in [-0.25, -0.2) is 5.01 Å². The van der Waals surface area contributed by atoms with Crippen LogP contribution in [-0.4, -0.2) is 15.6 Å². The molecule has 0 aromatic heterocycles. The maximum absolute atomic E-state index is 11.6. The molecule has 3 aromatic carbocycles. The summed E-state index contributed by atoms with van der Waals surface area (Å²) in [5.74, 6) is 0.747. The molecule has 0 aliphatic carbocycles. The van der Waals surface area contributed by atoms with Crippen LogP contribution in [0.5, 0.6) is 5.75 Å². The summed E-state index contributed by atoms with van der Waals surface area (Å²) in [6.07, 6.45) is 0.0695. The number of nitro groups is 1.